The fourth-order valence-corrected chi connectivity index (χ4v) is 4.51. The Morgan fingerprint density at radius 1 is 1.14 bits per heavy atom. The van der Waals surface area contributed by atoms with E-state index in [9.17, 15) is 14.3 Å². The number of aromatic hydroxyl groups is 1. The van der Waals surface area contributed by atoms with Gasteiger partial charge in [0, 0.05) is 29.5 Å². The summed E-state index contributed by atoms with van der Waals surface area (Å²) in [5, 5.41) is 17.6. The van der Waals surface area contributed by atoms with Crippen molar-refractivity contribution < 1.29 is 18.8 Å². The van der Waals surface area contributed by atoms with Crippen LogP contribution in [0.3, 0.4) is 0 Å². The summed E-state index contributed by atoms with van der Waals surface area (Å²) in [5.74, 6) is -0.0978. The van der Waals surface area contributed by atoms with Crippen molar-refractivity contribution >= 4 is 11.7 Å². The number of hydrogen-bond acceptors (Lipinski definition) is 5. The second-order valence-electron chi connectivity index (χ2n) is 7.60. The van der Waals surface area contributed by atoms with Gasteiger partial charge in [-0.05, 0) is 42.7 Å². The number of allylic oxidation sites excluding steroid dienone is 2. The molecular weight excluding hydrogens is 371 g/mol. The van der Waals surface area contributed by atoms with Crippen LogP contribution in [0.5, 0.6) is 5.75 Å². The molecule has 2 N–H and O–H groups in total. The molecule has 0 saturated carbocycles. The van der Waals surface area contributed by atoms with Crippen LogP contribution in [0.15, 0.2) is 64.3 Å². The number of para-hydroxylation sites is 1. The first kappa shape index (κ1) is 17.7. The number of aryl methyl sites for hydroxylation is 1. The van der Waals surface area contributed by atoms with E-state index in [1.165, 1.54) is 12.1 Å². The minimum absolute atomic E-state index is 0.00702. The number of carbonyl (C=O) groups excluding carboxylic acids is 1. The molecule has 2 heterocycles. The summed E-state index contributed by atoms with van der Waals surface area (Å²) >= 11 is 0. The van der Waals surface area contributed by atoms with Gasteiger partial charge in [0.1, 0.15) is 11.6 Å². The zero-order valence-electron chi connectivity index (χ0n) is 15.8. The fraction of sp³-hybridized carbons (Fsp3) is 0.217. The second kappa shape index (κ2) is 6.58. The third-order valence-electron chi connectivity index (χ3n) is 5.84. The van der Waals surface area contributed by atoms with Crippen molar-refractivity contribution in [3.05, 3.63) is 88.0 Å². The minimum Gasteiger partial charge on any atom is -0.508 e. The topological polar surface area (TPSA) is 75.4 Å². The van der Waals surface area contributed by atoms with Crippen molar-refractivity contribution in [1.82, 2.24) is 5.16 Å². The van der Waals surface area contributed by atoms with Gasteiger partial charge in [0.05, 0.1) is 11.3 Å². The Morgan fingerprint density at radius 3 is 2.66 bits per heavy atom. The third-order valence-corrected chi connectivity index (χ3v) is 5.84. The van der Waals surface area contributed by atoms with Gasteiger partial charge >= 0.3 is 0 Å². The van der Waals surface area contributed by atoms with Gasteiger partial charge in [0.25, 0.3) is 0 Å². The van der Waals surface area contributed by atoms with Crippen LogP contribution in [-0.4, -0.2) is 16.0 Å². The molecule has 29 heavy (non-hydrogen) atoms. The van der Waals surface area contributed by atoms with Crippen LogP contribution in [0.25, 0.3) is 0 Å². The van der Waals surface area contributed by atoms with Gasteiger partial charge in [-0.1, -0.05) is 35.5 Å². The number of benzene rings is 2. The third kappa shape index (κ3) is 2.83. The van der Waals surface area contributed by atoms with Crippen LogP contribution in [0.4, 0.5) is 10.3 Å². The van der Waals surface area contributed by atoms with Crippen LogP contribution in [0.1, 0.15) is 47.1 Å². The molecule has 1 aromatic heterocycles. The number of rotatable bonds is 2. The standard InChI is InChI=1S/C23H19FN2O3/c1-12-20-21(13-6-8-15(24)9-7-13)22-17(25-23(20)29-26-12)10-14(11-19(22)28)16-4-2-3-5-18(16)27/h2-9,14,21,25,27H,10-11H2,1H3. The van der Waals surface area contributed by atoms with Gasteiger partial charge in [-0.3, -0.25) is 4.79 Å². The molecule has 0 saturated heterocycles. The molecule has 0 amide bonds. The maximum atomic E-state index is 13.5. The Hall–Kier alpha value is -3.41. The van der Waals surface area contributed by atoms with Crippen molar-refractivity contribution in [2.45, 2.75) is 31.6 Å². The average molecular weight is 390 g/mol. The Labute approximate surface area is 166 Å². The number of anilines is 1. The number of phenols is 1. The number of hydrogen-bond donors (Lipinski definition) is 2. The van der Waals surface area contributed by atoms with E-state index in [0.29, 0.717) is 30.0 Å². The molecule has 1 aliphatic carbocycles. The predicted molar refractivity (Wildman–Crippen MR) is 105 cm³/mol. The number of nitrogens with one attached hydrogen (secondary N) is 1. The van der Waals surface area contributed by atoms with Gasteiger partial charge in [0.15, 0.2) is 5.78 Å². The maximum absolute atomic E-state index is 13.5. The quantitative estimate of drug-likeness (QED) is 0.658. The Balaban J connectivity index is 1.63. The Morgan fingerprint density at radius 2 is 1.90 bits per heavy atom. The van der Waals surface area contributed by atoms with E-state index in [0.717, 1.165) is 22.4 Å². The highest BCUT2D eigenvalue weighted by Crippen LogP contribution is 2.49. The summed E-state index contributed by atoms with van der Waals surface area (Å²) in [6, 6.07) is 13.3. The number of ketones is 1. The molecule has 0 bridgehead atoms. The van der Waals surface area contributed by atoms with Gasteiger partial charge in [-0.15, -0.1) is 0 Å². The van der Waals surface area contributed by atoms with E-state index in [4.69, 9.17) is 4.52 Å². The number of halogens is 1. The number of carbonyl (C=O) groups is 1. The van der Waals surface area contributed by atoms with E-state index in [1.807, 2.05) is 19.1 Å². The van der Waals surface area contributed by atoms with E-state index in [2.05, 4.69) is 10.5 Å². The van der Waals surface area contributed by atoms with E-state index in [1.54, 1.807) is 24.3 Å². The lowest BCUT2D eigenvalue weighted by Crippen LogP contribution is -2.29. The first-order valence-electron chi connectivity index (χ1n) is 9.55. The summed E-state index contributed by atoms with van der Waals surface area (Å²) in [6.45, 7) is 1.84. The molecule has 6 heteroatoms. The number of phenolic OH excluding ortho intramolecular Hbond substituents is 1. The average Bonchev–Trinajstić information content (AvgIpc) is 3.08. The molecule has 1 aliphatic heterocycles. The lowest BCUT2D eigenvalue weighted by Gasteiger charge is -2.34. The van der Waals surface area contributed by atoms with E-state index in [-0.39, 0.29) is 29.2 Å². The second-order valence-corrected chi connectivity index (χ2v) is 7.60. The summed E-state index contributed by atoms with van der Waals surface area (Å²) < 4.78 is 19.0. The van der Waals surface area contributed by atoms with Gasteiger partial charge in [-0.2, -0.15) is 0 Å². The fourth-order valence-electron chi connectivity index (χ4n) is 4.51. The zero-order chi connectivity index (χ0) is 20.1. The molecular formula is C23H19FN2O3. The Kier molecular flexibility index (Phi) is 4.01. The van der Waals surface area contributed by atoms with Crippen molar-refractivity contribution in [3.63, 3.8) is 0 Å². The molecule has 2 aliphatic rings. The molecule has 0 fully saturated rings. The highest BCUT2D eigenvalue weighted by Gasteiger charge is 2.41. The first-order chi connectivity index (χ1) is 14.0. The number of Topliss-reactive ketones (excluding diaryl/α,β-unsaturated/α-hetero) is 1. The summed E-state index contributed by atoms with van der Waals surface area (Å²) in [5.41, 5.74) is 4.53. The van der Waals surface area contributed by atoms with Crippen molar-refractivity contribution in [3.8, 4) is 5.75 Å². The SMILES string of the molecule is Cc1noc2c1C(c1ccc(F)cc1)C1=C(CC(c3ccccc3O)CC1=O)N2. The predicted octanol–water partition coefficient (Wildman–Crippen LogP) is 4.79. The summed E-state index contributed by atoms with van der Waals surface area (Å²) in [6.07, 6.45) is 0.866. The number of nitrogens with zero attached hydrogens (tertiary/aromatic N) is 1. The minimum atomic E-state index is -0.356. The van der Waals surface area contributed by atoms with Crippen LogP contribution in [0.2, 0.25) is 0 Å². The maximum Gasteiger partial charge on any atom is 0.233 e. The molecule has 5 nitrogen and oxygen atoms in total. The highest BCUT2D eigenvalue weighted by atomic mass is 19.1. The zero-order valence-corrected chi connectivity index (χ0v) is 15.8. The molecule has 2 aromatic carbocycles. The molecule has 146 valence electrons. The van der Waals surface area contributed by atoms with Gasteiger partial charge in [-0.25, -0.2) is 4.39 Å². The molecule has 0 radical (unpaired) electrons. The lowest BCUT2D eigenvalue weighted by molar-refractivity contribution is -0.116. The lowest BCUT2D eigenvalue weighted by atomic mass is 9.72. The van der Waals surface area contributed by atoms with Crippen LogP contribution in [0, 0.1) is 12.7 Å². The first-order valence-corrected chi connectivity index (χ1v) is 9.55. The van der Waals surface area contributed by atoms with Crippen molar-refractivity contribution in [2.24, 2.45) is 0 Å². The Bertz CT molecular complexity index is 1150. The molecule has 3 aromatic rings. The van der Waals surface area contributed by atoms with Crippen molar-refractivity contribution in [2.75, 3.05) is 5.32 Å². The monoisotopic (exact) mass is 390 g/mol. The van der Waals surface area contributed by atoms with Crippen LogP contribution < -0.4 is 5.32 Å². The molecule has 2 atom stereocenters. The highest BCUT2D eigenvalue weighted by molar-refractivity contribution is 6.01. The number of fused-ring (bicyclic) bond motifs is 1. The van der Waals surface area contributed by atoms with Crippen LogP contribution >= 0.6 is 0 Å². The van der Waals surface area contributed by atoms with Gasteiger partial charge < -0.3 is 14.9 Å². The van der Waals surface area contributed by atoms with E-state index >= 15 is 0 Å². The normalized spacial score (nSPS) is 20.8. The molecule has 5 rings (SSSR count). The van der Waals surface area contributed by atoms with Crippen molar-refractivity contribution in [1.29, 1.82) is 0 Å². The van der Waals surface area contributed by atoms with Gasteiger partial charge in [0.2, 0.25) is 5.88 Å². The van der Waals surface area contributed by atoms with Crippen LogP contribution in [-0.2, 0) is 4.79 Å². The molecule has 2 unspecified atom stereocenters. The van der Waals surface area contributed by atoms with E-state index < -0.39 is 0 Å². The summed E-state index contributed by atoms with van der Waals surface area (Å²) in [7, 11) is 0. The summed E-state index contributed by atoms with van der Waals surface area (Å²) in [4.78, 5) is 13.3. The smallest absolute Gasteiger partial charge is 0.233 e. The molecule has 0 spiro atoms. The largest absolute Gasteiger partial charge is 0.508 e. The number of aromatic nitrogens is 1.